The fraction of sp³-hybridized carbons (Fsp3) is 0.533. The summed E-state index contributed by atoms with van der Waals surface area (Å²) in [4.78, 5) is 4.15. The summed E-state index contributed by atoms with van der Waals surface area (Å²) in [7, 11) is 4.98. The van der Waals surface area contributed by atoms with Gasteiger partial charge in [-0.05, 0) is 24.6 Å². The van der Waals surface area contributed by atoms with E-state index in [1.807, 2.05) is 6.92 Å². The van der Waals surface area contributed by atoms with E-state index < -0.39 is 0 Å². The average molecular weight is 297 g/mol. The van der Waals surface area contributed by atoms with Gasteiger partial charge >= 0.3 is 0 Å². The quantitative estimate of drug-likeness (QED) is 0.594. The van der Waals surface area contributed by atoms with Gasteiger partial charge in [0.25, 0.3) is 0 Å². The number of ether oxygens (including phenoxy) is 2. The van der Waals surface area contributed by atoms with Gasteiger partial charge in [-0.2, -0.15) is 0 Å². The molecule has 0 aliphatic heterocycles. The molecular formula is C15H24FN3O2. The van der Waals surface area contributed by atoms with Crippen molar-refractivity contribution in [2.24, 2.45) is 4.99 Å². The van der Waals surface area contributed by atoms with Crippen LogP contribution in [0.2, 0.25) is 0 Å². The molecule has 2 atom stereocenters. The van der Waals surface area contributed by atoms with Crippen LogP contribution in [0.1, 0.15) is 18.6 Å². The largest absolute Gasteiger partial charge is 0.383 e. The molecule has 0 heterocycles. The molecule has 1 rings (SSSR count). The van der Waals surface area contributed by atoms with Crippen LogP contribution < -0.4 is 10.6 Å². The second-order valence-electron chi connectivity index (χ2n) is 4.73. The van der Waals surface area contributed by atoms with Crippen molar-refractivity contribution in [3.8, 4) is 0 Å². The summed E-state index contributed by atoms with van der Waals surface area (Å²) in [6, 6.07) is 6.43. The van der Waals surface area contributed by atoms with Crippen LogP contribution in [0.3, 0.4) is 0 Å². The Morgan fingerprint density at radius 1 is 1.29 bits per heavy atom. The minimum Gasteiger partial charge on any atom is -0.383 e. The third-order valence-corrected chi connectivity index (χ3v) is 3.00. The number of guanidine groups is 1. The fourth-order valence-corrected chi connectivity index (χ4v) is 1.92. The Kier molecular flexibility index (Phi) is 7.71. The molecule has 0 spiro atoms. The fourth-order valence-electron chi connectivity index (χ4n) is 1.92. The molecule has 5 nitrogen and oxygen atoms in total. The lowest BCUT2D eigenvalue weighted by molar-refractivity contribution is 0.106. The number of aliphatic imine (C=N–C) groups is 1. The standard InChI is InChI=1S/C15H24FN3O2/c1-11(10-20-3)19-15(17-2)18-9-14(21-4)12-5-7-13(16)8-6-12/h5-8,11,14H,9-10H2,1-4H3,(H2,17,18,19). The molecule has 118 valence electrons. The summed E-state index contributed by atoms with van der Waals surface area (Å²) >= 11 is 0. The first kappa shape index (κ1) is 17.4. The van der Waals surface area contributed by atoms with Crippen molar-refractivity contribution in [2.45, 2.75) is 19.1 Å². The predicted octanol–water partition coefficient (Wildman–Crippen LogP) is 1.71. The Morgan fingerprint density at radius 2 is 1.95 bits per heavy atom. The maximum Gasteiger partial charge on any atom is 0.191 e. The lowest BCUT2D eigenvalue weighted by Crippen LogP contribution is -2.45. The Morgan fingerprint density at radius 3 is 2.48 bits per heavy atom. The molecule has 6 heteroatoms. The van der Waals surface area contributed by atoms with Gasteiger partial charge in [-0.25, -0.2) is 4.39 Å². The van der Waals surface area contributed by atoms with Gasteiger partial charge in [-0.15, -0.1) is 0 Å². The second kappa shape index (κ2) is 9.31. The van der Waals surface area contributed by atoms with Crippen LogP contribution in [0.5, 0.6) is 0 Å². The van der Waals surface area contributed by atoms with Crippen molar-refractivity contribution in [1.82, 2.24) is 10.6 Å². The van der Waals surface area contributed by atoms with Gasteiger partial charge in [0.1, 0.15) is 5.82 Å². The normalized spacial score (nSPS) is 14.6. The van der Waals surface area contributed by atoms with Crippen molar-refractivity contribution >= 4 is 5.96 Å². The molecule has 0 saturated carbocycles. The molecule has 1 aromatic rings. The SMILES string of the molecule is CN=C(NCC(OC)c1ccc(F)cc1)NC(C)COC. The van der Waals surface area contributed by atoms with E-state index in [1.54, 1.807) is 33.4 Å². The van der Waals surface area contributed by atoms with Crippen LogP contribution in [-0.2, 0) is 9.47 Å². The maximum atomic E-state index is 12.9. The Bertz CT molecular complexity index is 437. The smallest absolute Gasteiger partial charge is 0.191 e. The highest BCUT2D eigenvalue weighted by Crippen LogP contribution is 2.15. The molecule has 0 aliphatic carbocycles. The highest BCUT2D eigenvalue weighted by atomic mass is 19.1. The van der Waals surface area contributed by atoms with E-state index in [-0.39, 0.29) is 18.0 Å². The molecular weight excluding hydrogens is 273 g/mol. The molecule has 0 amide bonds. The number of benzene rings is 1. The second-order valence-corrected chi connectivity index (χ2v) is 4.73. The number of hydrogen-bond acceptors (Lipinski definition) is 3. The van der Waals surface area contributed by atoms with Crippen molar-refractivity contribution < 1.29 is 13.9 Å². The van der Waals surface area contributed by atoms with Crippen LogP contribution in [0.15, 0.2) is 29.3 Å². The van der Waals surface area contributed by atoms with Crippen LogP contribution in [-0.4, -0.2) is 46.4 Å². The highest BCUT2D eigenvalue weighted by molar-refractivity contribution is 5.79. The minimum atomic E-state index is -0.257. The zero-order valence-corrected chi connectivity index (χ0v) is 13.0. The van der Waals surface area contributed by atoms with Crippen molar-refractivity contribution in [1.29, 1.82) is 0 Å². The van der Waals surface area contributed by atoms with E-state index in [0.717, 1.165) is 5.56 Å². The first-order valence-electron chi connectivity index (χ1n) is 6.85. The van der Waals surface area contributed by atoms with Crippen LogP contribution in [0.4, 0.5) is 4.39 Å². The molecule has 21 heavy (non-hydrogen) atoms. The van der Waals surface area contributed by atoms with Crippen molar-refractivity contribution in [3.05, 3.63) is 35.6 Å². The number of rotatable bonds is 7. The van der Waals surface area contributed by atoms with Gasteiger partial charge in [0, 0.05) is 33.9 Å². The van der Waals surface area contributed by atoms with Gasteiger partial charge < -0.3 is 20.1 Å². The lowest BCUT2D eigenvalue weighted by atomic mass is 10.1. The van der Waals surface area contributed by atoms with E-state index in [2.05, 4.69) is 15.6 Å². The Balaban J connectivity index is 2.55. The number of methoxy groups -OCH3 is 2. The van der Waals surface area contributed by atoms with Gasteiger partial charge in [-0.1, -0.05) is 12.1 Å². The number of nitrogens with one attached hydrogen (secondary N) is 2. The van der Waals surface area contributed by atoms with E-state index in [1.165, 1.54) is 12.1 Å². The average Bonchev–Trinajstić information content (AvgIpc) is 2.48. The summed E-state index contributed by atoms with van der Waals surface area (Å²) in [6.07, 6.45) is -0.179. The summed E-state index contributed by atoms with van der Waals surface area (Å²) in [5.74, 6) is 0.413. The Hall–Kier alpha value is -1.66. The van der Waals surface area contributed by atoms with E-state index in [4.69, 9.17) is 9.47 Å². The molecule has 2 N–H and O–H groups in total. The molecule has 0 aromatic heterocycles. The molecule has 0 fully saturated rings. The maximum absolute atomic E-state index is 12.9. The van der Waals surface area contributed by atoms with E-state index in [0.29, 0.717) is 19.1 Å². The number of hydrogen-bond donors (Lipinski definition) is 2. The molecule has 0 bridgehead atoms. The van der Waals surface area contributed by atoms with Crippen LogP contribution >= 0.6 is 0 Å². The minimum absolute atomic E-state index is 0.146. The van der Waals surface area contributed by atoms with E-state index in [9.17, 15) is 4.39 Å². The predicted molar refractivity (Wildman–Crippen MR) is 82.0 cm³/mol. The van der Waals surface area contributed by atoms with Gasteiger partial charge in [0.05, 0.1) is 12.7 Å². The summed E-state index contributed by atoms with van der Waals surface area (Å²) < 4.78 is 23.4. The third-order valence-electron chi connectivity index (χ3n) is 3.00. The zero-order valence-electron chi connectivity index (χ0n) is 13.0. The first-order chi connectivity index (χ1) is 10.1. The molecule has 0 aliphatic rings. The zero-order chi connectivity index (χ0) is 15.7. The summed E-state index contributed by atoms with van der Waals surface area (Å²) in [6.45, 7) is 3.12. The lowest BCUT2D eigenvalue weighted by Gasteiger charge is -2.21. The number of nitrogens with zero attached hydrogens (tertiary/aromatic N) is 1. The van der Waals surface area contributed by atoms with Crippen LogP contribution in [0.25, 0.3) is 0 Å². The molecule has 1 aromatic carbocycles. The molecule has 2 unspecified atom stereocenters. The highest BCUT2D eigenvalue weighted by Gasteiger charge is 2.12. The van der Waals surface area contributed by atoms with Crippen molar-refractivity contribution in [2.75, 3.05) is 34.4 Å². The van der Waals surface area contributed by atoms with Gasteiger partial charge in [0.2, 0.25) is 0 Å². The summed E-state index contributed by atoms with van der Waals surface area (Å²) in [5.41, 5.74) is 0.909. The molecule has 0 saturated heterocycles. The monoisotopic (exact) mass is 297 g/mol. The Labute approximate surface area is 125 Å². The summed E-state index contributed by atoms with van der Waals surface area (Å²) in [5, 5.41) is 6.39. The van der Waals surface area contributed by atoms with Crippen molar-refractivity contribution in [3.63, 3.8) is 0 Å². The molecule has 0 radical (unpaired) electrons. The van der Waals surface area contributed by atoms with Gasteiger partial charge in [0.15, 0.2) is 5.96 Å². The topological polar surface area (TPSA) is 54.9 Å². The number of halogens is 1. The van der Waals surface area contributed by atoms with Gasteiger partial charge in [-0.3, -0.25) is 4.99 Å². The van der Waals surface area contributed by atoms with E-state index >= 15 is 0 Å². The first-order valence-corrected chi connectivity index (χ1v) is 6.85. The van der Waals surface area contributed by atoms with Crippen LogP contribution in [0, 0.1) is 5.82 Å². The third kappa shape index (κ3) is 6.10.